The molecule has 152 valence electrons. The van der Waals surface area contributed by atoms with Gasteiger partial charge in [-0.25, -0.2) is 4.79 Å². The minimum atomic E-state index is -1.33. The van der Waals surface area contributed by atoms with Crippen molar-refractivity contribution in [2.45, 2.75) is 104 Å². The summed E-state index contributed by atoms with van der Waals surface area (Å²) in [6, 6.07) is 0. The number of carboxylic acid groups (broad SMARTS) is 1. The van der Waals surface area contributed by atoms with E-state index in [2.05, 4.69) is 13.8 Å². The molecule has 0 aromatic rings. The molecule has 0 aromatic carbocycles. The number of carbonyl (C=O) groups is 2. The molecule has 26 heavy (non-hydrogen) atoms. The number of carboxylic acids is 1. The largest absolute Gasteiger partial charge is 0.479 e. The lowest BCUT2D eigenvalue weighted by molar-refractivity contribution is -0.153. The van der Waals surface area contributed by atoms with E-state index in [1.54, 1.807) is 13.8 Å². The van der Waals surface area contributed by atoms with Crippen LogP contribution in [-0.2, 0) is 9.59 Å². The third-order valence-corrected chi connectivity index (χ3v) is 6.36. The smallest absolute Gasteiger partial charge is 0.333 e. The Morgan fingerprint density at radius 3 is 2.50 bits per heavy atom. The highest BCUT2D eigenvalue weighted by atomic mass is 16.4. The van der Waals surface area contributed by atoms with Gasteiger partial charge in [0, 0.05) is 17.8 Å². The highest BCUT2D eigenvalue weighted by molar-refractivity contribution is 5.83. The van der Waals surface area contributed by atoms with Gasteiger partial charge >= 0.3 is 5.97 Å². The first-order valence-electron chi connectivity index (χ1n) is 10.6. The first-order chi connectivity index (χ1) is 12.2. The maximum Gasteiger partial charge on any atom is 0.333 e. The molecule has 2 unspecified atom stereocenters. The van der Waals surface area contributed by atoms with Gasteiger partial charge in [-0.3, -0.25) is 4.79 Å². The van der Waals surface area contributed by atoms with Crippen LogP contribution in [0.4, 0.5) is 0 Å². The van der Waals surface area contributed by atoms with Crippen molar-refractivity contribution in [2.75, 3.05) is 0 Å². The lowest BCUT2D eigenvalue weighted by Crippen LogP contribution is -2.36. The first kappa shape index (κ1) is 23.1. The van der Waals surface area contributed by atoms with Crippen molar-refractivity contribution in [1.82, 2.24) is 0 Å². The van der Waals surface area contributed by atoms with Crippen molar-refractivity contribution in [3.63, 3.8) is 0 Å². The topological polar surface area (TPSA) is 74.6 Å². The van der Waals surface area contributed by atoms with Crippen LogP contribution in [0.2, 0.25) is 0 Å². The number of carbonyl (C=O) groups excluding carboxylic acids is 1. The van der Waals surface area contributed by atoms with Gasteiger partial charge in [0.1, 0.15) is 5.78 Å². The third-order valence-electron chi connectivity index (χ3n) is 6.36. The van der Waals surface area contributed by atoms with E-state index in [-0.39, 0.29) is 5.92 Å². The Hall–Kier alpha value is -0.900. The zero-order valence-corrected chi connectivity index (χ0v) is 17.3. The summed E-state index contributed by atoms with van der Waals surface area (Å²) in [6.07, 6.45) is 10.1. The Kier molecular flexibility index (Phi) is 9.84. The molecule has 1 saturated carbocycles. The monoisotopic (exact) mass is 368 g/mol. The fourth-order valence-corrected chi connectivity index (χ4v) is 4.50. The molecule has 0 heterocycles. The molecular formula is C22H40O4. The van der Waals surface area contributed by atoms with Crippen LogP contribution < -0.4 is 0 Å². The highest BCUT2D eigenvalue weighted by Crippen LogP contribution is 2.37. The van der Waals surface area contributed by atoms with Crippen LogP contribution in [0.15, 0.2) is 0 Å². The summed E-state index contributed by atoms with van der Waals surface area (Å²) in [4.78, 5) is 23.2. The van der Waals surface area contributed by atoms with Gasteiger partial charge in [0.25, 0.3) is 0 Å². The fraction of sp³-hybridized carbons (Fsp3) is 0.909. The van der Waals surface area contributed by atoms with E-state index in [1.807, 2.05) is 0 Å². The van der Waals surface area contributed by atoms with Crippen molar-refractivity contribution in [2.24, 2.45) is 23.2 Å². The van der Waals surface area contributed by atoms with E-state index in [1.165, 1.54) is 32.1 Å². The maximum atomic E-state index is 12.3. The molecule has 1 rings (SSSR count). The van der Waals surface area contributed by atoms with Gasteiger partial charge < -0.3 is 10.2 Å². The van der Waals surface area contributed by atoms with Crippen LogP contribution in [0.25, 0.3) is 0 Å². The van der Waals surface area contributed by atoms with Gasteiger partial charge in [-0.2, -0.15) is 0 Å². The molecule has 0 spiro atoms. The number of aliphatic hydroxyl groups excluding tert-OH is 1. The molecule has 4 heteroatoms. The van der Waals surface area contributed by atoms with Crippen LogP contribution in [0.1, 0.15) is 98.3 Å². The van der Waals surface area contributed by atoms with Crippen molar-refractivity contribution in [3.05, 3.63) is 0 Å². The number of hydrogen-bond donors (Lipinski definition) is 2. The summed E-state index contributed by atoms with van der Waals surface area (Å²) >= 11 is 0. The molecule has 0 aliphatic heterocycles. The second kappa shape index (κ2) is 11.1. The van der Waals surface area contributed by atoms with E-state index < -0.39 is 17.5 Å². The van der Waals surface area contributed by atoms with Gasteiger partial charge in [-0.15, -0.1) is 0 Å². The minimum absolute atomic E-state index is 0.212. The molecular weight excluding hydrogens is 328 g/mol. The van der Waals surface area contributed by atoms with E-state index in [0.29, 0.717) is 18.1 Å². The molecule has 1 fully saturated rings. The van der Waals surface area contributed by atoms with Gasteiger partial charge in [0.05, 0.1) is 0 Å². The number of ketones is 1. The van der Waals surface area contributed by atoms with Gasteiger partial charge in [-0.1, -0.05) is 66.2 Å². The molecule has 2 N–H and O–H groups in total. The molecule has 4 atom stereocenters. The van der Waals surface area contributed by atoms with E-state index in [9.17, 15) is 14.7 Å². The molecule has 1 aliphatic carbocycles. The van der Waals surface area contributed by atoms with Gasteiger partial charge in [0.2, 0.25) is 0 Å². The predicted molar refractivity (Wildman–Crippen MR) is 105 cm³/mol. The predicted octanol–water partition coefficient (Wildman–Crippen LogP) is 5.22. The zero-order chi connectivity index (χ0) is 19.7. The number of Topliss-reactive ketones (excluding diaryl/α,β-unsaturated/α-hetero) is 1. The van der Waals surface area contributed by atoms with Crippen LogP contribution >= 0.6 is 0 Å². The Bertz CT molecular complexity index is 443. The Balaban J connectivity index is 2.35. The lowest BCUT2D eigenvalue weighted by Gasteiger charge is -2.28. The van der Waals surface area contributed by atoms with Crippen molar-refractivity contribution >= 4 is 11.8 Å². The average molecular weight is 369 g/mol. The first-order valence-corrected chi connectivity index (χ1v) is 10.6. The third kappa shape index (κ3) is 7.38. The minimum Gasteiger partial charge on any atom is -0.479 e. The quantitative estimate of drug-likeness (QED) is 0.437. The average Bonchev–Trinajstić information content (AvgIpc) is 2.91. The summed E-state index contributed by atoms with van der Waals surface area (Å²) in [6.45, 7) is 8.16. The Morgan fingerprint density at radius 2 is 1.88 bits per heavy atom. The number of rotatable bonds is 13. The number of aliphatic carboxylic acids is 1. The molecule has 0 radical (unpaired) electrons. The summed E-state index contributed by atoms with van der Waals surface area (Å²) < 4.78 is 0. The summed E-state index contributed by atoms with van der Waals surface area (Å²) in [5.74, 6) is 0.830. The van der Waals surface area contributed by atoms with Crippen LogP contribution in [0.5, 0.6) is 0 Å². The van der Waals surface area contributed by atoms with E-state index in [4.69, 9.17) is 5.11 Å². The second-order valence-corrected chi connectivity index (χ2v) is 9.17. The summed E-state index contributed by atoms with van der Waals surface area (Å²) in [5.41, 5.74) is -0.625. The highest BCUT2D eigenvalue weighted by Gasteiger charge is 2.35. The normalized spacial score (nSPS) is 23.2. The van der Waals surface area contributed by atoms with Crippen molar-refractivity contribution in [1.29, 1.82) is 0 Å². The summed E-state index contributed by atoms with van der Waals surface area (Å²) in [7, 11) is 0. The van der Waals surface area contributed by atoms with Crippen molar-refractivity contribution < 1.29 is 19.8 Å². The molecule has 0 amide bonds. The maximum absolute atomic E-state index is 12.3. The van der Waals surface area contributed by atoms with Crippen LogP contribution in [0.3, 0.4) is 0 Å². The van der Waals surface area contributed by atoms with E-state index >= 15 is 0 Å². The SMILES string of the molecule is CCCC(C)CCC[C@H]1CCC(=O)[C@@H]1CCCCC(C)(C)C(O)C(=O)O. The number of aliphatic hydroxyl groups is 1. The lowest BCUT2D eigenvalue weighted by atomic mass is 9.80. The fourth-order valence-electron chi connectivity index (χ4n) is 4.50. The number of unbranched alkanes of at least 4 members (excludes halogenated alkanes) is 1. The molecule has 4 nitrogen and oxygen atoms in total. The number of hydrogen-bond acceptors (Lipinski definition) is 3. The van der Waals surface area contributed by atoms with Crippen molar-refractivity contribution in [3.8, 4) is 0 Å². The van der Waals surface area contributed by atoms with Crippen LogP contribution in [-0.4, -0.2) is 28.1 Å². The standard InChI is InChI=1S/C22H40O4/c1-5-9-16(2)10-8-11-17-13-14-19(23)18(17)12-6-7-15-22(3,4)20(24)21(25)26/h16-18,20,24H,5-15H2,1-4H3,(H,25,26)/t16?,17-,18+,20?/m0/s1. The molecule has 0 bridgehead atoms. The van der Waals surface area contributed by atoms with Crippen LogP contribution in [0, 0.1) is 23.2 Å². The summed E-state index contributed by atoms with van der Waals surface area (Å²) in [5, 5.41) is 18.8. The van der Waals surface area contributed by atoms with Gasteiger partial charge in [0.15, 0.2) is 6.10 Å². The molecule has 0 aromatic heterocycles. The Morgan fingerprint density at radius 1 is 1.19 bits per heavy atom. The molecule has 1 aliphatic rings. The Labute approximate surface area is 159 Å². The second-order valence-electron chi connectivity index (χ2n) is 9.17. The molecule has 0 saturated heterocycles. The van der Waals surface area contributed by atoms with E-state index in [0.717, 1.165) is 38.0 Å². The van der Waals surface area contributed by atoms with Gasteiger partial charge in [-0.05, 0) is 37.5 Å². The zero-order valence-electron chi connectivity index (χ0n) is 17.3.